The van der Waals surface area contributed by atoms with E-state index in [1.54, 1.807) is 30.5 Å². The van der Waals surface area contributed by atoms with Gasteiger partial charge in [0.25, 0.3) is 5.91 Å². The molecule has 0 aliphatic heterocycles. The second kappa shape index (κ2) is 10.7. The predicted octanol–water partition coefficient (Wildman–Crippen LogP) is 6.16. The number of nitrogens with zero attached hydrogens (tertiary/aromatic N) is 2. The van der Waals surface area contributed by atoms with Crippen molar-refractivity contribution in [3.63, 3.8) is 0 Å². The van der Waals surface area contributed by atoms with Crippen molar-refractivity contribution >= 4 is 45.6 Å². The molecule has 4 aromatic rings. The molecule has 0 unspecified atom stereocenters. The van der Waals surface area contributed by atoms with E-state index in [2.05, 4.69) is 87.9 Å². The van der Waals surface area contributed by atoms with Gasteiger partial charge in [-0.15, -0.1) is 0 Å². The Morgan fingerprint density at radius 1 is 1.06 bits per heavy atom. The lowest BCUT2D eigenvalue weighted by molar-refractivity contribution is 0.0955. The van der Waals surface area contributed by atoms with Gasteiger partial charge in [-0.05, 0) is 84.0 Å². The molecular weight excluding hydrogens is 525 g/mol. The van der Waals surface area contributed by atoms with Gasteiger partial charge in [-0.2, -0.15) is 5.10 Å². The molecule has 1 amide bonds. The Hall–Kier alpha value is -3.13. The Labute approximate surface area is 207 Å². The highest BCUT2D eigenvalue weighted by Crippen LogP contribution is 2.26. The molecule has 1 aromatic heterocycles. The van der Waals surface area contributed by atoms with Gasteiger partial charge >= 0.3 is 0 Å². The number of carbonyl (C=O) groups excluding carboxylic acids is 1. The van der Waals surface area contributed by atoms with Crippen molar-refractivity contribution in [2.24, 2.45) is 5.10 Å². The molecule has 5 nitrogen and oxygen atoms in total. The monoisotopic (exact) mass is 551 g/mol. The maximum absolute atomic E-state index is 12.5. The van der Waals surface area contributed by atoms with Crippen LogP contribution in [0.15, 0.2) is 77.9 Å². The maximum atomic E-state index is 12.5. The number of para-hydroxylation sites is 1. The first kappa shape index (κ1) is 23.0. The molecule has 1 N–H and O–H groups in total. The van der Waals surface area contributed by atoms with Crippen molar-refractivity contribution in [2.45, 2.75) is 26.8 Å². The molecular formula is C27H26IN3O2. The van der Waals surface area contributed by atoms with Crippen molar-refractivity contribution < 1.29 is 9.53 Å². The zero-order chi connectivity index (χ0) is 23.2. The highest BCUT2D eigenvalue weighted by atomic mass is 127. The summed E-state index contributed by atoms with van der Waals surface area (Å²) >= 11 is 2.32. The SMILES string of the molecule is CCCOc1ccc(C(=O)N/N=C/c2c(C)n(Cc3ccc(I)cc3)c3ccccc23)cc1. The zero-order valence-electron chi connectivity index (χ0n) is 18.7. The van der Waals surface area contributed by atoms with Gasteiger partial charge < -0.3 is 9.30 Å². The summed E-state index contributed by atoms with van der Waals surface area (Å²) < 4.78 is 9.08. The van der Waals surface area contributed by atoms with Crippen molar-refractivity contribution in [1.82, 2.24) is 9.99 Å². The van der Waals surface area contributed by atoms with Crippen LogP contribution in [0.4, 0.5) is 0 Å². The lowest BCUT2D eigenvalue weighted by Crippen LogP contribution is -2.17. The number of amides is 1. The van der Waals surface area contributed by atoms with E-state index in [-0.39, 0.29) is 5.91 Å². The molecule has 0 saturated heterocycles. The second-order valence-electron chi connectivity index (χ2n) is 7.80. The van der Waals surface area contributed by atoms with Crippen molar-refractivity contribution in [3.8, 4) is 5.75 Å². The van der Waals surface area contributed by atoms with E-state index in [1.807, 2.05) is 12.1 Å². The van der Waals surface area contributed by atoms with Crippen molar-refractivity contribution in [2.75, 3.05) is 6.61 Å². The first-order valence-electron chi connectivity index (χ1n) is 11.0. The molecule has 0 aliphatic rings. The Bertz CT molecular complexity index is 1280. The minimum Gasteiger partial charge on any atom is -0.494 e. The fraction of sp³-hybridized carbons (Fsp3) is 0.185. The number of rotatable bonds is 8. The van der Waals surface area contributed by atoms with Gasteiger partial charge in [-0.1, -0.05) is 37.3 Å². The predicted molar refractivity (Wildman–Crippen MR) is 142 cm³/mol. The van der Waals surface area contributed by atoms with Crippen molar-refractivity contribution in [1.29, 1.82) is 0 Å². The van der Waals surface area contributed by atoms with Gasteiger partial charge in [0.1, 0.15) is 5.75 Å². The number of nitrogens with one attached hydrogen (secondary N) is 1. The summed E-state index contributed by atoms with van der Waals surface area (Å²) in [5.41, 5.74) is 7.67. The summed E-state index contributed by atoms with van der Waals surface area (Å²) in [7, 11) is 0. The second-order valence-corrected chi connectivity index (χ2v) is 9.05. The van der Waals surface area contributed by atoms with E-state index in [0.717, 1.165) is 40.9 Å². The van der Waals surface area contributed by atoms with E-state index < -0.39 is 0 Å². The number of benzene rings is 3. The van der Waals surface area contributed by atoms with Crippen LogP contribution in [0, 0.1) is 10.5 Å². The molecule has 33 heavy (non-hydrogen) atoms. The molecule has 0 spiro atoms. The third-order valence-electron chi connectivity index (χ3n) is 5.48. The van der Waals surface area contributed by atoms with E-state index >= 15 is 0 Å². The molecule has 3 aromatic carbocycles. The summed E-state index contributed by atoms with van der Waals surface area (Å²) in [5.74, 6) is 0.502. The van der Waals surface area contributed by atoms with Crippen LogP contribution in [0.1, 0.15) is 40.5 Å². The Morgan fingerprint density at radius 2 is 1.79 bits per heavy atom. The smallest absolute Gasteiger partial charge is 0.271 e. The van der Waals surface area contributed by atoms with E-state index in [4.69, 9.17) is 4.74 Å². The summed E-state index contributed by atoms with van der Waals surface area (Å²) in [6.07, 6.45) is 2.68. The number of carbonyl (C=O) groups is 1. The number of hydrogen-bond acceptors (Lipinski definition) is 3. The average Bonchev–Trinajstić information content (AvgIpc) is 3.10. The molecule has 0 radical (unpaired) electrons. The standard InChI is InChI=1S/C27H26IN3O2/c1-3-16-33-23-14-10-21(11-15-23)27(32)30-29-17-25-19(2)31(26-7-5-4-6-24(25)26)18-20-8-12-22(28)13-9-20/h4-15,17H,3,16,18H2,1-2H3,(H,30,32)/b29-17+. The van der Waals surface area contributed by atoms with Crippen molar-refractivity contribution in [3.05, 3.63) is 98.8 Å². The Kier molecular flexibility index (Phi) is 7.44. The number of hydrazone groups is 1. The lowest BCUT2D eigenvalue weighted by atomic mass is 10.1. The van der Waals surface area contributed by atoms with Gasteiger partial charge in [-0.25, -0.2) is 5.43 Å². The Morgan fingerprint density at radius 3 is 2.52 bits per heavy atom. The van der Waals surface area contributed by atoms with Crippen LogP contribution >= 0.6 is 22.6 Å². The van der Waals surface area contributed by atoms with Crippen LogP contribution in [0.5, 0.6) is 5.75 Å². The summed E-state index contributed by atoms with van der Waals surface area (Å²) in [6.45, 7) is 5.58. The quantitative estimate of drug-likeness (QED) is 0.162. The first-order chi connectivity index (χ1) is 16.1. The number of fused-ring (bicyclic) bond motifs is 1. The molecule has 1 heterocycles. The summed E-state index contributed by atoms with van der Waals surface area (Å²) in [4.78, 5) is 12.5. The number of ether oxygens (including phenoxy) is 1. The number of aromatic nitrogens is 1. The van der Waals surface area contributed by atoms with Gasteiger partial charge in [0.2, 0.25) is 0 Å². The molecule has 0 aliphatic carbocycles. The van der Waals surface area contributed by atoms with E-state index in [1.165, 1.54) is 9.13 Å². The molecule has 0 atom stereocenters. The third kappa shape index (κ3) is 5.45. The number of hydrogen-bond donors (Lipinski definition) is 1. The van der Waals surface area contributed by atoms with Crippen LogP contribution < -0.4 is 10.2 Å². The largest absolute Gasteiger partial charge is 0.494 e. The normalized spacial score (nSPS) is 11.2. The maximum Gasteiger partial charge on any atom is 0.271 e. The first-order valence-corrected chi connectivity index (χ1v) is 12.0. The van der Waals surface area contributed by atoms with E-state index in [0.29, 0.717) is 12.2 Å². The van der Waals surface area contributed by atoms with Crippen LogP contribution in [-0.4, -0.2) is 23.3 Å². The molecule has 4 rings (SSSR count). The van der Waals surface area contributed by atoms with Crippen LogP contribution in [-0.2, 0) is 6.54 Å². The summed E-state index contributed by atoms with van der Waals surface area (Å²) in [5, 5.41) is 5.37. The van der Waals surface area contributed by atoms with Crippen LogP contribution in [0.25, 0.3) is 10.9 Å². The summed E-state index contributed by atoms with van der Waals surface area (Å²) in [6, 6.07) is 23.9. The fourth-order valence-electron chi connectivity index (χ4n) is 3.74. The highest BCUT2D eigenvalue weighted by Gasteiger charge is 2.13. The molecule has 0 bridgehead atoms. The van der Waals surface area contributed by atoms with Gasteiger partial charge in [0.05, 0.1) is 12.8 Å². The Balaban J connectivity index is 1.53. The minimum atomic E-state index is -0.256. The van der Waals surface area contributed by atoms with Gasteiger partial charge in [-0.3, -0.25) is 4.79 Å². The van der Waals surface area contributed by atoms with Crippen LogP contribution in [0.3, 0.4) is 0 Å². The molecule has 168 valence electrons. The fourth-order valence-corrected chi connectivity index (χ4v) is 4.10. The zero-order valence-corrected chi connectivity index (χ0v) is 20.9. The number of halogens is 1. The molecule has 0 fully saturated rings. The van der Waals surface area contributed by atoms with Gasteiger partial charge in [0, 0.05) is 37.8 Å². The molecule has 6 heteroatoms. The van der Waals surface area contributed by atoms with Crippen LogP contribution in [0.2, 0.25) is 0 Å². The molecule has 0 saturated carbocycles. The average molecular weight is 551 g/mol. The van der Waals surface area contributed by atoms with E-state index in [9.17, 15) is 4.79 Å². The third-order valence-corrected chi connectivity index (χ3v) is 6.20. The lowest BCUT2D eigenvalue weighted by Gasteiger charge is -2.09. The minimum absolute atomic E-state index is 0.256. The highest BCUT2D eigenvalue weighted by molar-refractivity contribution is 14.1. The topological polar surface area (TPSA) is 55.6 Å². The van der Waals surface area contributed by atoms with Gasteiger partial charge in [0.15, 0.2) is 0 Å².